The topological polar surface area (TPSA) is 67.4 Å². The monoisotopic (exact) mass is 470 g/mol. The Bertz CT molecular complexity index is 1320. The van der Waals surface area contributed by atoms with Crippen LogP contribution in [0.4, 0.5) is 5.69 Å². The lowest BCUT2D eigenvalue weighted by Crippen LogP contribution is -2.27. The number of hydrogen-bond donors (Lipinski definition) is 2. The van der Waals surface area contributed by atoms with E-state index in [0.29, 0.717) is 17.0 Å². The second-order valence-electron chi connectivity index (χ2n) is 7.83. The standard InChI is InChI=1S/C28H26N2O3S/c1-19(23-15-7-10-20-9-3-4-13-24(20)23)29-28(32)25-14-5-6-16-26(25)34-18-27(31)30-21-11-8-12-22(17-21)33-2/h3-17,19H,18H2,1-2H3,(H,29,32)(H,30,31). The molecule has 0 saturated carbocycles. The highest BCUT2D eigenvalue weighted by Crippen LogP contribution is 2.27. The Morgan fingerprint density at radius 3 is 2.50 bits per heavy atom. The molecule has 1 unspecified atom stereocenters. The van der Waals surface area contributed by atoms with Gasteiger partial charge in [-0.05, 0) is 47.5 Å². The van der Waals surface area contributed by atoms with E-state index in [9.17, 15) is 9.59 Å². The predicted octanol–water partition coefficient (Wildman–Crippen LogP) is 6.07. The Morgan fingerprint density at radius 2 is 1.65 bits per heavy atom. The normalized spacial score (nSPS) is 11.6. The van der Waals surface area contributed by atoms with Gasteiger partial charge in [-0.3, -0.25) is 9.59 Å². The number of thioether (sulfide) groups is 1. The van der Waals surface area contributed by atoms with Gasteiger partial charge in [0.25, 0.3) is 5.91 Å². The van der Waals surface area contributed by atoms with Gasteiger partial charge < -0.3 is 15.4 Å². The molecule has 0 aliphatic carbocycles. The number of ether oxygens (including phenoxy) is 1. The van der Waals surface area contributed by atoms with Crippen LogP contribution in [-0.4, -0.2) is 24.7 Å². The van der Waals surface area contributed by atoms with E-state index < -0.39 is 0 Å². The minimum atomic E-state index is -0.173. The van der Waals surface area contributed by atoms with Crippen molar-refractivity contribution in [2.45, 2.75) is 17.9 Å². The largest absolute Gasteiger partial charge is 0.497 e. The van der Waals surface area contributed by atoms with Crippen LogP contribution >= 0.6 is 11.8 Å². The molecule has 0 radical (unpaired) electrons. The second kappa shape index (κ2) is 10.9. The van der Waals surface area contributed by atoms with E-state index in [1.54, 1.807) is 25.3 Å². The highest BCUT2D eigenvalue weighted by atomic mass is 32.2. The molecule has 0 fully saturated rings. The number of hydrogen-bond acceptors (Lipinski definition) is 4. The van der Waals surface area contributed by atoms with Crippen molar-refractivity contribution in [3.63, 3.8) is 0 Å². The van der Waals surface area contributed by atoms with Gasteiger partial charge in [-0.15, -0.1) is 11.8 Å². The summed E-state index contributed by atoms with van der Waals surface area (Å²) in [6.45, 7) is 1.98. The van der Waals surface area contributed by atoms with E-state index in [-0.39, 0.29) is 23.6 Å². The van der Waals surface area contributed by atoms with Crippen LogP contribution in [0.5, 0.6) is 5.75 Å². The second-order valence-corrected chi connectivity index (χ2v) is 8.85. The zero-order valence-corrected chi connectivity index (χ0v) is 19.9. The fourth-order valence-electron chi connectivity index (χ4n) is 3.80. The van der Waals surface area contributed by atoms with E-state index >= 15 is 0 Å². The summed E-state index contributed by atoms with van der Waals surface area (Å²) in [5, 5.41) is 8.24. The van der Waals surface area contributed by atoms with Crippen molar-refractivity contribution in [3.8, 4) is 5.75 Å². The summed E-state index contributed by atoms with van der Waals surface area (Å²) in [7, 11) is 1.58. The molecule has 0 aromatic heterocycles. The smallest absolute Gasteiger partial charge is 0.252 e. The van der Waals surface area contributed by atoms with Crippen LogP contribution in [0.1, 0.15) is 28.9 Å². The maximum Gasteiger partial charge on any atom is 0.252 e. The molecule has 0 heterocycles. The van der Waals surface area contributed by atoms with Crippen LogP contribution in [0, 0.1) is 0 Å². The number of rotatable bonds is 8. The number of methoxy groups -OCH3 is 1. The molecule has 6 heteroatoms. The number of carbonyl (C=O) groups is 2. The molecule has 1 atom stereocenters. The van der Waals surface area contributed by atoms with E-state index in [1.165, 1.54) is 11.8 Å². The minimum absolute atomic E-state index is 0.155. The molecular formula is C28H26N2O3S. The van der Waals surface area contributed by atoms with Crippen LogP contribution in [0.15, 0.2) is 95.9 Å². The van der Waals surface area contributed by atoms with Gasteiger partial charge in [-0.1, -0.05) is 60.7 Å². The van der Waals surface area contributed by atoms with Gasteiger partial charge in [0.05, 0.1) is 24.5 Å². The van der Waals surface area contributed by atoms with Crippen LogP contribution < -0.4 is 15.4 Å². The van der Waals surface area contributed by atoms with Crippen molar-refractivity contribution < 1.29 is 14.3 Å². The van der Waals surface area contributed by atoms with E-state index in [4.69, 9.17) is 4.74 Å². The third-order valence-electron chi connectivity index (χ3n) is 5.48. The zero-order valence-electron chi connectivity index (χ0n) is 19.1. The highest BCUT2D eigenvalue weighted by molar-refractivity contribution is 8.00. The molecule has 0 saturated heterocycles. The molecule has 172 valence electrons. The number of carbonyl (C=O) groups excluding carboxylic acids is 2. The zero-order chi connectivity index (χ0) is 23.9. The van der Waals surface area contributed by atoms with Gasteiger partial charge in [0.2, 0.25) is 5.91 Å². The van der Waals surface area contributed by atoms with E-state index in [2.05, 4.69) is 28.8 Å². The molecule has 4 aromatic rings. The summed E-state index contributed by atoms with van der Waals surface area (Å²) in [5.74, 6) is 0.530. The SMILES string of the molecule is COc1cccc(NC(=O)CSc2ccccc2C(=O)NC(C)c2cccc3ccccc23)c1. The molecule has 0 bridgehead atoms. The van der Waals surface area contributed by atoms with Gasteiger partial charge in [-0.25, -0.2) is 0 Å². The number of benzene rings is 4. The lowest BCUT2D eigenvalue weighted by atomic mass is 9.99. The lowest BCUT2D eigenvalue weighted by Gasteiger charge is -2.18. The van der Waals surface area contributed by atoms with Crippen molar-refractivity contribution >= 4 is 40.0 Å². The summed E-state index contributed by atoms with van der Waals surface area (Å²) in [5.41, 5.74) is 2.28. The summed E-state index contributed by atoms with van der Waals surface area (Å²) in [6, 6.07) is 28.6. The maximum atomic E-state index is 13.2. The Kier molecular flexibility index (Phi) is 7.50. The van der Waals surface area contributed by atoms with Gasteiger partial charge >= 0.3 is 0 Å². The first-order chi connectivity index (χ1) is 16.5. The van der Waals surface area contributed by atoms with Crippen molar-refractivity contribution in [2.75, 3.05) is 18.2 Å². The first-order valence-electron chi connectivity index (χ1n) is 11.0. The molecule has 2 amide bonds. The van der Waals surface area contributed by atoms with Gasteiger partial charge in [0, 0.05) is 16.6 Å². The van der Waals surface area contributed by atoms with Crippen LogP contribution in [0.3, 0.4) is 0 Å². The summed E-state index contributed by atoms with van der Waals surface area (Å²) < 4.78 is 5.19. The molecule has 4 rings (SSSR count). The predicted molar refractivity (Wildman–Crippen MR) is 139 cm³/mol. The van der Waals surface area contributed by atoms with Gasteiger partial charge in [-0.2, -0.15) is 0 Å². The Balaban J connectivity index is 1.43. The molecule has 0 aliphatic rings. The fourth-order valence-corrected chi connectivity index (χ4v) is 4.65. The van der Waals surface area contributed by atoms with E-state index in [1.807, 2.05) is 61.5 Å². The molecule has 4 aromatic carbocycles. The maximum absolute atomic E-state index is 13.2. The van der Waals surface area contributed by atoms with E-state index in [0.717, 1.165) is 21.2 Å². The molecule has 34 heavy (non-hydrogen) atoms. The molecule has 0 spiro atoms. The molecule has 2 N–H and O–H groups in total. The Morgan fingerprint density at radius 1 is 0.912 bits per heavy atom. The van der Waals surface area contributed by atoms with Crippen LogP contribution in [0.2, 0.25) is 0 Å². The summed E-state index contributed by atoms with van der Waals surface area (Å²) in [6.07, 6.45) is 0. The third-order valence-corrected chi connectivity index (χ3v) is 6.55. The summed E-state index contributed by atoms with van der Waals surface area (Å²) >= 11 is 1.33. The Labute approximate surface area is 203 Å². The number of fused-ring (bicyclic) bond motifs is 1. The van der Waals surface area contributed by atoms with Crippen LogP contribution in [-0.2, 0) is 4.79 Å². The number of nitrogens with one attached hydrogen (secondary N) is 2. The first kappa shape index (κ1) is 23.4. The van der Waals surface area contributed by atoms with Gasteiger partial charge in [0.1, 0.15) is 5.75 Å². The third kappa shape index (κ3) is 5.58. The average molecular weight is 471 g/mol. The average Bonchev–Trinajstić information content (AvgIpc) is 2.87. The Hall–Kier alpha value is -3.77. The summed E-state index contributed by atoms with van der Waals surface area (Å²) in [4.78, 5) is 26.4. The minimum Gasteiger partial charge on any atom is -0.497 e. The van der Waals surface area contributed by atoms with Crippen molar-refractivity contribution in [1.29, 1.82) is 0 Å². The first-order valence-corrected chi connectivity index (χ1v) is 12.0. The van der Waals surface area contributed by atoms with Crippen LogP contribution in [0.25, 0.3) is 10.8 Å². The highest BCUT2D eigenvalue weighted by Gasteiger charge is 2.17. The number of amides is 2. The van der Waals surface area contributed by atoms with Crippen molar-refractivity contribution in [1.82, 2.24) is 5.32 Å². The fraction of sp³-hybridized carbons (Fsp3) is 0.143. The van der Waals surface area contributed by atoms with Crippen molar-refractivity contribution in [2.24, 2.45) is 0 Å². The molecule has 0 aliphatic heterocycles. The molecular weight excluding hydrogens is 444 g/mol. The quantitative estimate of drug-likeness (QED) is 0.307. The van der Waals surface area contributed by atoms with Crippen molar-refractivity contribution in [3.05, 3.63) is 102 Å². The lowest BCUT2D eigenvalue weighted by molar-refractivity contribution is -0.113. The number of anilines is 1. The molecule has 5 nitrogen and oxygen atoms in total. The van der Waals surface area contributed by atoms with Gasteiger partial charge in [0.15, 0.2) is 0 Å².